The predicted molar refractivity (Wildman–Crippen MR) is 117 cm³/mol. The van der Waals surface area contributed by atoms with Gasteiger partial charge in [-0.1, -0.05) is 37.3 Å². The third-order valence-corrected chi connectivity index (χ3v) is 7.46. The van der Waals surface area contributed by atoms with Crippen molar-refractivity contribution in [3.8, 4) is 5.75 Å². The molecule has 1 aliphatic rings. The second-order valence-electron chi connectivity index (χ2n) is 7.64. The maximum atomic E-state index is 12.9. The van der Waals surface area contributed by atoms with Crippen molar-refractivity contribution >= 4 is 15.9 Å². The number of hydrogen-bond acceptors (Lipinski definition) is 4. The third-order valence-electron chi connectivity index (χ3n) is 5.55. The standard InChI is InChI=1S/C23H30N2O4S/c1-3-29-21-9-11-22(12-10-21)30(27,28)25-15-13-20(14-16-25)23(26)24-17-18(2)19-7-5-4-6-8-19/h4-12,18,20H,3,13-17H2,1-2H3,(H,24,26). The SMILES string of the molecule is CCOc1ccc(S(=O)(=O)N2CCC(C(=O)NCC(C)c3ccccc3)CC2)cc1. The molecule has 0 bridgehead atoms. The number of sulfonamides is 1. The maximum absolute atomic E-state index is 12.9. The first-order valence-electron chi connectivity index (χ1n) is 10.5. The molecule has 0 radical (unpaired) electrons. The Kier molecular flexibility index (Phi) is 7.50. The average Bonchev–Trinajstić information content (AvgIpc) is 2.78. The lowest BCUT2D eigenvalue weighted by Crippen LogP contribution is -2.43. The molecule has 1 fully saturated rings. The Morgan fingerprint density at radius 3 is 2.33 bits per heavy atom. The van der Waals surface area contributed by atoms with E-state index in [4.69, 9.17) is 4.74 Å². The number of amides is 1. The van der Waals surface area contributed by atoms with Gasteiger partial charge in [0, 0.05) is 25.6 Å². The number of hydrogen-bond donors (Lipinski definition) is 1. The first kappa shape index (κ1) is 22.3. The highest BCUT2D eigenvalue weighted by Crippen LogP contribution is 2.25. The molecular formula is C23H30N2O4S. The summed E-state index contributed by atoms with van der Waals surface area (Å²) in [5.41, 5.74) is 1.19. The van der Waals surface area contributed by atoms with Crippen molar-refractivity contribution in [3.05, 3.63) is 60.2 Å². The molecule has 0 aliphatic carbocycles. The highest BCUT2D eigenvalue weighted by Gasteiger charge is 2.32. The lowest BCUT2D eigenvalue weighted by atomic mass is 9.96. The zero-order chi connectivity index (χ0) is 21.6. The van der Waals surface area contributed by atoms with Crippen LogP contribution >= 0.6 is 0 Å². The Bertz CT molecular complexity index is 921. The van der Waals surface area contributed by atoms with Gasteiger partial charge in [0.05, 0.1) is 11.5 Å². The fourth-order valence-electron chi connectivity index (χ4n) is 3.68. The number of piperidine rings is 1. The molecule has 30 heavy (non-hydrogen) atoms. The zero-order valence-electron chi connectivity index (χ0n) is 17.6. The molecule has 2 aromatic rings. The smallest absolute Gasteiger partial charge is 0.243 e. The number of carbonyl (C=O) groups excluding carboxylic acids is 1. The van der Waals surface area contributed by atoms with E-state index in [-0.39, 0.29) is 22.6 Å². The lowest BCUT2D eigenvalue weighted by Gasteiger charge is -2.30. The summed E-state index contributed by atoms with van der Waals surface area (Å²) in [5, 5.41) is 3.03. The molecule has 1 heterocycles. The Balaban J connectivity index is 1.51. The summed E-state index contributed by atoms with van der Waals surface area (Å²) < 4.78 is 32.6. The lowest BCUT2D eigenvalue weighted by molar-refractivity contribution is -0.126. The van der Waals surface area contributed by atoms with Gasteiger partial charge >= 0.3 is 0 Å². The van der Waals surface area contributed by atoms with Crippen LogP contribution in [-0.2, 0) is 14.8 Å². The molecular weight excluding hydrogens is 400 g/mol. The Morgan fingerprint density at radius 1 is 1.10 bits per heavy atom. The van der Waals surface area contributed by atoms with E-state index in [0.717, 1.165) is 0 Å². The highest BCUT2D eigenvalue weighted by atomic mass is 32.2. The van der Waals surface area contributed by atoms with Crippen molar-refractivity contribution in [3.63, 3.8) is 0 Å². The first-order valence-corrected chi connectivity index (χ1v) is 11.9. The van der Waals surface area contributed by atoms with Gasteiger partial charge in [-0.05, 0) is 55.5 Å². The monoisotopic (exact) mass is 430 g/mol. The van der Waals surface area contributed by atoms with Crippen LogP contribution < -0.4 is 10.1 Å². The van der Waals surface area contributed by atoms with E-state index in [1.54, 1.807) is 24.3 Å². The van der Waals surface area contributed by atoms with Gasteiger partial charge in [-0.3, -0.25) is 4.79 Å². The van der Waals surface area contributed by atoms with Crippen molar-refractivity contribution in [2.75, 3.05) is 26.2 Å². The van der Waals surface area contributed by atoms with E-state index in [1.807, 2.05) is 25.1 Å². The van der Waals surface area contributed by atoms with E-state index >= 15 is 0 Å². The minimum Gasteiger partial charge on any atom is -0.494 e. The van der Waals surface area contributed by atoms with E-state index in [2.05, 4.69) is 24.4 Å². The molecule has 0 saturated carbocycles. The molecule has 1 amide bonds. The largest absolute Gasteiger partial charge is 0.494 e. The van der Waals surface area contributed by atoms with Gasteiger partial charge in [-0.2, -0.15) is 4.31 Å². The first-order chi connectivity index (χ1) is 14.4. The molecule has 0 aromatic heterocycles. The van der Waals surface area contributed by atoms with E-state index in [9.17, 15) is 13.2 Å². The summed E-state index contributed by atoms with van der Waals surface area (Å²) >= 11 is 0. The van der Waals surface area contributed by atoms with Gasteiger partial charge in [0.1, 0.15) is 5.75 Å². The van der Waals surface area contributed by atoms with Gasteiger partial charge in [-0.25, -0.2) is 8.42 Å². The summed E-state index contributed by atoms with van der Waals surface area (Å²) in [6.45, 7) is 5.78. The predicted octanol–water partition coefficient (Wildman–Crippen LogP) is 3.41. The van der Waals surface area contributed by atoms with Gasteiger partial charge in [-0.15, -0.1) is 0 Å². The zero-order valence-corrected chi connectivity index (χ0v) is 18.4. The average molecular weight is 431 g/mol. The normalized spacial score (nSPS) is 16.7. The molecule has 1 aliphatic heterocycles. The molecule has 0 spiro atoms. The summed E-state index contributed by atoms with van der Waals surface area (Å²) in [6, 6.07) is 16.6. The number of nitrogens with one attached hydrogen (secondary N) is 1. The number of rotatable bonds is 8. The van der Waals surface area contributed by atoms with Crippen molar-refractivity contribution < 1.29 is 17.9 Å². The molecule has 1 N–H and O–H groups in total. The number of nitrogens with zero attached hydrogens (tertiary/aromatic N) is 1. The summed E-state index contributed by atoms with van der Waals surface area (Å²) in [4.78, 5) is 12.8. The second kappa shape index (κ2) is 10.1. The fourth-order valence-corrected chi connectivity index (χ4v) is 5.15. The van der Waals surface area contributed by atoms with Gasteiger partial charge in [0.15, 0.2) is 0 Å². The minimum atomic E-state index is -3.56. The third kappa shape index (κ3) is 5.40. The van der Waals surface area contributed by atoms with Crippen LogP contribution in [0.3, 0.4) is 0 Å². The molecule has 1 atom stereocenters. The summed E-state index contributed by atoms with van der Waals surface area (Å²) in [5.74, 6) is 0.738. The van der Waals surface area contributed by atoms with Crippen LogP contribution in [-0.4, -0.2) is 44.9 Å². The van der Waals surface area contributed by atoms with Crippen LogP contribution in [0.4, 0.5) is 0 Å². The van der Waals surface area contributed by atoms with E-state index in [1.165, 1.54) is 9.87 Å². The summed E-state index contributed by atoms with van der Waals surface area (Å²) in [7, 11) is -3.56. The highest BCUT2D eigenvalue weighted by molar-refractivity contribution is 7.89. The van der Waals surface area contributed by atoms with Gasteiger partial charge in [0.25, 0.3) is 0 Å². The van der Waals surface area contributed by atoms with Crippen molar-refractivity contribution in [2.45, 2.75) is 37.5 Å². The minimum absolute atomic E-state index is 0.0101. The number of carbonyl (C=O) groups is 1. The fraction of sp³-hybridized carbons (Fsp3) is 0.435. The Labute approximate surface area is 179 Å². The molecule has 3 rings (SSSR count). The molecule has 6 nitrogen and oxygen atoms in total. The summed E-state index contributed by atoms with van der Waals surface area (Å²) in [6.07, 6.45) is 1.06. The van der Waals surface area contributed by atoms with Crippen LogP contribution in [0.2, 0.25) is 0 Å². The van der Waals surface area contributed by atoms with Crippen LogP contribution in [0.1, 0.15) is 38.2 Å². The van der Waals surface area contributed by atoms with E-state index < -0.39 is 10.0 Å². The molecule has 1 unspecified atom stereocenters. The maximum Gasteiger partial charge on any atom is 0.243 e. The molecule has 2 aromatic carbocycles. The number of ether oxygens (including phenoxy) is 1. The van der Waals surface area contributed by atoms with Crippen LogP contribution in [0.5, 0.6) is 5.75 Å². The van der Waals surface area contributed by atoms with Crippen LogP contribution in [0, 0.1) is 5.92 Å². The number of benzene rings is 2. The van der Waals surface area contributed by atoms with Crippen molar-refractivity contribution in [1.29, 1.82) is 0 Å². The quantitative estimate of drug-likeness (QED) is 0.696. The topological polar surface area (TPSA) is 75.7 Å². The molecule has 1 saturated heterocycles. The van der Waals surface area contributed by atoms with Crippen LogP contribution in [0.25, 0.3) is 0 Å². The van der Waals surface area contributed by atoms with Crippen molar-refractivity contribution in [2.24, 2.45) is 5.92 Å². The Hall–Kier alpha value is -2.38. The molecule has 162 valence electrons. The van der Waals surface area contributed by atoms with Crippen LogP contribution in [0.15, 0.2) is 59.5 Å². The van der Waals surface area contributed by atoms with E-state index in [0.29, 0.717) is 44.8 Å². The Morgan fingerprint density at radius 2 is 1.73 bits per heavy atom. The van der Waals surface area contributed by atoms with Crippen molar-refractivity contribution in [1.82, 2.24) is 9.62 Å². The van der Waals surface area contributed by atoms with Gasteiger partial charge in [0.2, 0.25) is 15.9 Å². The molecule has 7 heteroatoms. The van der Waals surface area contributed by atoms with Gasteiger partial charge < -0.3 is 10.1 Å². The second-order valence-corrected chi connectivity index (χ2v) is 9.58.